The van der Waals surface area contributed by atoms with E-state index in [4.69, 9.17) is 8.23 Å². The minimum absolute atomic E-state index is 0.271. The van der Waals surface area contributed by atoms with Gasteiger partial charge >= 0.3 is 10.0 Å². The Morgan fingerprint density at radius 3 is 2.00 bits per heavy atom. The van der Waals surface area contributed by atoms with Gasteiger partial charge in [-0.15, -0.1) is 0 Å². The fourth-order valence-corrected chi connectivity index (χ4v) is 2.44. The van der Waals surface area contributed by atoms with Crippen molar-refractivity contribution in [3.05, 3.63) is 0 Å². The van der Waals surface area contributed by atoms with Crippen molar-refractivity contribution >= 4 is 27.4 Å². The van der Waals surface area contributed by atoms with Gasteiger partial charge in [-0.25, -0.2) is 0 Å². The Bertz CT molecular complexity index is 89.4. The molecule has 0 aromatic rings. The van der Waals surface area contributed by atoms with Crippen molar-refractivity contribution in [2.45, 2.75) is 32.7 Å². The standard InChI is InChI=1S/C5H15O2Si3/c1-9(2)6-8-7-10(3,4)5/h1-5H3. The van der Waals surface area contributed by atoms with Gasteiger partial charge in [-0.3, -0.25) is 0 Å². The molecule has 0 fully saturated rings. The van der Waals surface area contributed by atoms with Crippen molar-refractivity contribution in [3.8, 4) is 0 Å². The Morgan fingerprint density at radius 2 is 1.70 bits per heavy atom. The van der Waals surface area contributed by atoms with Crippen LogP contribution in [0, 0.1) is 0 Å². The average molecular weight is 191 g/mol. The lowest BCUT2D eigenvalue weighted by Crippen LogP contribution is -2.30. The molecule has 3 radical (unpaired) electrons. The highest BCUT2D eigenvalue weighted by Gasteiger charge is 2.15. The fourth-order valence-electron chi connectivity index (χ4n) is 0.229. The van der Waals surface area contributed by atoms with Crippen LogP contribution < -0.4 is 0 Å². The third-order valence-corrected chi connectivity index (χ3v) is 5.34. The van der Waals surface area contributed by atoms with Crippen molar-refractivity contribution < 1.29 is 8.23 Å². The molecular weight excluding hydrogens is 176 g/mol. The lowest BCUT2D eigenvalue weighted by atomic mass is 11.8. The molecule has 0 aliphatic rings. The van der Waals surface area contributed by atoms with Crippen molar-refractivity contribution in [1.29, 1.82) is 0 Å². The molecule has 0 aromatic heterocycles. The number of hydrogen-bond acceptors (Lipinski definition) is 2. The third-order valence-electron chi connectivity index (χ3n) is 0.594. The summed E-state index contributed by atoms with van der Waals surface area (Å²) >= 11 is 0. The minimum Gasteiger partial charge on any atom is -0.435 e. The summed E-state index contributed by atoms with van der Waals surface area (Å²) in [6, 6.07) is 0. The molecule has 0 N–H and O–H groups in total. The number of rotatable bonds is 4. The van der Waals surface area contributed by atoms with E-state index in [1.165, 1.54) is 0 Å². The Hall–Kier alpha value is 0.571. The quantitative estimate of drug-likeness (QED) is 0.629. The molecule has 0 atom stereocenters. The number of hydrogen-bond donors (Lipinski definition) is 0. The highest BCUT2D eigenvalue weighted by molar-refractivity contribution is 6.74. The van der Waals surface area contributed by atoms with Gasteiger partial charge in [0.1, 0.15) is 0 Å². The van der Waals surface area contributed by atoms with Crippen molar-refractivity contribution in [3.63, 3.8) is 0 Å². The van der Waals surface area contributed by atoms with Gasteiger partial charge in [-0.1, -0.05) is 0 Å². The van der Waals surface area contributed by atoms with E-state index in [1.807, 2.05) is 0 Å². The Kier molecular flexibility index (Phi) is 4.70. The average Bonchev–Trinajstić information content (AvgIpc) is 1.59. The van der Waals surface area contributed by atoms with Gasteiger partial charge in [-0.05, 0) is 32.7 Å². The van der Waals surface area contributed by atoms with Crippen LogP contribution in [0.4, 0.5) is 0 Å². The van der Waals surface area contributed by atoms with E-state index in [-0.39, 0.29) is 10.0 Å². The first kappa shape index (κ1) is 10.6. The summed E-state index contributed by atoms with van der Waals surface area (Å²) < 4.78 is 10.9. The second kappa shape index (κ2) is 4.45. The van der Waals surface area contributed by atoms with Crippen LogP contribution >= 0.6 is 0 Å². The molecule has 0 aliphatic heterocycles. The highest BCUT2D eigenvalue weighted by atomic mass is 28.4. The molecule has 0 saturated carbocycles. The second-order valence-corrected chi connectivity index (χ2v) is 11.1. The highest BCUT2D eigenvalue weighted by Crippen LogP contribution is 2.00. The lowest BCUT2D eigenvalue weighted by Gasteiger charge is -2.16. The Morgan fingerprint density at radius 1 is 1.20 bits per heavy atom. The Balaban J connectivity index is 3.21. The molecule has 0 aliphatic carbocycles. The van der Waals surface area contributed by atoms with E-state index in [1.54, 1.807) is 0 Å². The van der Waals surface area contributed by atoms with Crippen LogP contribution in [0.2, 0.25) is 32.7 Å². The molecule has 0 bridgehead atoms. The van der Waals surface area contributed by atoms with E-state index in [2.05, 4.69) is 32.7 Å². The summed E-state index contributed by atoms with van der Waals surface area (Å²) in [4.78, 5) is 0. The van der Waals surface area contributed by atoms with E-state index in [9.17, 15) is 0 Å². The second-order valence-electron chi connectivity index (χ2n) is 3.31. The summed E-state index contributed by atoms with van der Waals surface area (Å²) in [5.41, 5.74) is 0. The SMILES string of the molecule is C[Si](C)O[Si]O[Si](C)(C)C. The molecular formula is C5H15O2Si3. The molecule has 0 spiro atoms. The monoisotopic (exact) mass is 191 g/mol. The predicted octanol–water partition coefficient (Wildman–Crippen LogP) is 1.64. The maximum absolute atomic E-state index is 5.51. The van der Waals surface area contributed by atoms with E-state index in [0.29, 0.717) is 0 Å². The Labute approximate surface area is 68.9 Å². The largest absolute Gasteiger partial charge is 0.435 e. The molecule has 0 heterocycles. The molecule has 0 amide bonds. The first-order chi connectivity index (χ1) is 4.42. The fraction of sp³-hybridized carbons (Fsp3) is 1.00. The van der Waals surface area contributed by atoms with Crippen molar-refractivity contribution in [2.24, 2.45) is 0 Å². The summed E-state index contributed by atoms with van der Waals surface area (Å²) in [7, 11) is -1.60. The molecule has 10 heavy (non-hydrogen) atoms. The topological polar surface area (TPSA) is 18.5 Å². The van der Waals surface area contributed by atoms with Crippen LogP contribution in [-0.2, 0) is 8.23 Å². The molecule has 0 unspecified atom stereocenters. The minimum atomic E-state index is -1.32. The van der Waals surface area contributed by atoms with Crippen LogP contribution in [0.3, 0.4) is 0 Å². The van der Waals surface area contributed by atoms with Crippen LogP contribution in [0.25, 0.3) is 0 Å². The lowest BCUT2D eigenvalue weighted by molar-refractivity contribution is 0.467. The molecule has 5 heteroatoms. The van der Waals surface area contributed by atoms with Crippen LogP contribution in [-0.4, -0.2) is 27.4 Å². The van der Waals surface area contributed by atoms with E-state index in [0.717, 1.165) is 0 Å². The van der Waals surface area contributed by atoms with Gasteiger partial charge in [0.2, 0.25) is 0 Å². The van der Waals surface area contributed by atoms with E-state index >= 15 is 0 Å². The van der Waals surface area contributed by atoms with Gasteiger partial charge in [-0.2, -0.15) is 0 Å². The van der Waals surface area contributed by atoms with Gasteiger partial charge < -0.3 is 8.23 Å². The summed E-state index contributed by atoms with van der Waals surface area (Å²) in [6.07, 6.45) is 0. The zero-order valence-electron chi connectivity index (χ0n) is 7.32. The van der Waals surface area contributed by atoms with Gasteiger partial charge in [0.05, 0.1) is 0 Å². The first-order valence-electron chi connectivity index (χ1n) is 3.32. The molecule has 0 rings (SSSR count). The van der Waals surface area contributed by atoms with Crippen LogP contribution in [0.15, 0.2) is 0 Å². The summed E-state index contributed by atoms with van der Waals surface area (Å²) in [6.45, 7) is 10.7. The zero-order chi connectivity index (χ0) is 8.20. The first-order valence-corrected chi connectivity index (χ1v) is 9.95. The van der Waals surface area contributed by atoms with Gasteiger partial charge in [0.15, 0.2) is 17.4 Å². The normalized spacial score (nSPS) is 12.6. The van der Waals surface area contributed by atoms with Crippen molar-refractivity contribution in [2.75, 3.05) is 0 Å². The van der Waals surface area contributed by atoms with E-state index < -0.39 is 17.4 Å². The summed E-state index contributed by atoms with van der Waals surface area (Å²) in [5.74, 6) is 0. The van der Waals surface area contributed by atoms with Crippen LogP contribution in [0.5, 0.6) is 0 Å². The zero-order valence-corrected chi connectivity index (χ0v) is 10.3. The molecule has 0 saturated heterocycles. The van der Waals surface area contributed by atoms with Crippen LogP contribution in [0.1, 0.15) is 0 Å². The predicted molar refractivity (Wildman–Crippen MR) is 48.8 cm³/mol. The van der Waals surface area contributed by atoms with Gasteiger partial charge in [0.25, 0.3) is 0 Å². The maximum Gasteiger partial charge on any atom is 0.409 e. The van der Waals surface area contributed by atoms with Gasteiger partial charge in [0, 0.05) is 0 Å². The molecule has 59 valence electrons. The third kappa shape index (κ3) is 8.57. The maximum atomic E-state index is 5.51. The van der Waals surface area contributed by atoms with Crippen molar-refractivity contribution in [1.82, 2.24) is 0 Å². The molecule has 2 nitrogen and oxygen atoms in total. The summed E-state index contributed by atoms with van der Waals surface area (Å²) in [5, 5.41) is 0. The smallest absolute Gasteiger partial charge is 0.409 e. The molecule has 0 aromatic carbocycles.